The highest BCUT2D eigenvalue weighted by Crippen LogP contribution is 2.36. The maximum Gasteiger partial charge on any atom is 0.187 e. The molecule has 5 nitrogen and oxygen atoms in total. The number of nitrogens with zero attached hydrogens (tertiary/aromatic N) is 2. The Morgan fingerprint density at radius 2 is 1.65 bits per heavy atom. The van der Waals surface area contributed by atoms with E-state index in [1.807, 2.05) is 31.2 Å². The molecule has 0 unspecified atom stereocenters. The fraction of sp³-hybridized carbons (Fsp3) is 0.192. The van der Waals surface area contributed by atoms with Gasteiger partial charge in [-0.3, -0.25) is 4.90 Å². The quantitative estimate of drug-likeness (QED) is 0.316. The first-order valence-electron chi connectivity index (χ1n) is 10.0. The minimum absolute atomic E-state index is 0.585. The standard InChI is InChI=1S/C26H24N2O3/c1-18-24(17-28(3)16-19-8-12-21(29-4)13-9-19)23-6-5-7-25(26(23)30-18)31-22-14-10-20(27-2)11-15-22/h5-15H,16-17H2,1,3-4H3. The SMILES string of the molecule is [C-]#[N+]c1ccc(Oc2cccc3c(CN(C)Cc4ccc(OC)cc4)c(C)oc23)cc1. The minimum atomic E-state index is 0.585. The second-order valence-corrected chi connectivity index (χ2v) is 7.50. The maximum atomic E-state index is 7.07. The Morgan fingerprint density at radius 3 is 2.32 bits per heavy atom. The Kier molecular flexibility index (Phi) is 5.92. The summed E-state index contributed by atoms with van der Waals surface area (Å²) in [5.74, 6) is 3.09. The predicted molar refractivity (Wildman–Crippen MR) is 122 cm³/mol. The normalized spacial score (nSPS) is 10.9. The minimum Gasteiger partial charge on any atom is -0.497 e. The molecule has 0 amide bonds. The van der Waals surface area contributed by atoms with Gasteiger partial charge in [-0.2, -0.15) is 0 Å². The molecule has 3 aromatic carbocycles. The van der Waals surface area contributed by atoms with Crippen molar-refractivity contribution < 1.29 is 13.9 Å². The summed E-state index contributed by atoms with van der Waals surface area (Å²) < 4.78 is 17.4. The molecule has 4 rings (SSSR count). The molecule has 1 aromatic heterocycles. The molecule has 1 heterocycles. The molecule has 4 aromatic rings. The van der Waals surface area contributed by atoms with Crippen molar-refractivity contribution in [1.82, 2.24) is 4.90 Å². The van der Waals surface area contributed by atoms with E-state index in [1.165, 1.54) is 5.56 Å². The van der Waals surface area contributed by atoms with Crippen molar-refractivity contribution in [1.29, 1.82) is 0 Å². The molecule has 0 radical (unpaired) electrons. The molecule has 0 saturated heterocycles. The number of hydrogen-bond acceptors (Lipinski definition) is 4. The highest BCUT2D eigenvalue weighted by molar-refractivity contribution is 5.87. The van der Waals surface area contributed by atoms with E-state index in [0.29, 0.717) is 17.2 Å². The first-order chi connectivity index (χ1) is 15.1. The van der Waals surface area contributed by atoms with Crippen LogP contribution in [-0.4, -0.2) is 19.1 Å². The molecule has 0 atom stereocenters. The van der Waals surface area contributed by atoms with Gasteiger partial charge in [0.1, 0.15) is 17.3 Å². The van der Waals surface area contributed by atoms with E-state index >= 15 is 0 Å². The van der Waals surface area contributed by atoms with Gasteiger partial charge in [0.2, 0.25) is 0 Å². The van der Waals surface area contributed by atoms with Gasteiger partial charge >= 0.3 is 0 Å². The number of aryl methyl sites for hydroxylation is 1. The largest absolute Gasteiger partial charge is 0.497 e. The smallest absolute Gasteiger partial charge is 0.187 e. The van der Waals surface area contributed by atoms with E-state index in [0.717, 1.165) is 41.1 Å². The van der Waals surface area contributed by atoms with E-state index in [9.17, 15) is 0 Å². The Hall–Kier alpha value is -3.75. The van der Waals surface area contributed by atoms with Crippen molar-refractivity contribution >= 4 is 16.7 Å². The van der Waals surface area contributed by atoms with Crippen molar-refractivity contribution in [2.75, 3.05) is 14.2 Å². The van der Waals surface area contributed by atoms with Crippen LogP contribution in [0.5, 0.6) is 17.2 Å². The van der Waals surface area contributed by atoms with Crippen LogP contribution >= 0.6 is 0 Å². The summed E-state index contributed by atoms with van der Waals surface area (Å²) in [6, 6.07) is 21.2. The molecule has 5 heteroatoms. The summed E-state index contributed by atoms with van der Waals surface area (Å²) in [7, 11) is 3.77. The summed E-state index contributed by atoms with van der Waals surface area (Å²) in [6.07, 6.45) is 0. The Balaban J connectivity index is 1.55. The van der Waals surface area contributed by atoms with Gasteiger partial charge in [0.15, 0.2) is 17.0 Å². The second-order valence-electron chi connectivity index (χ2n) is 7.50. The van der Waals surface area contributed by atoms with Gasteiger partial charge in [-0.05, 0) is 49.9 Å². The van der Waals surface area contributed by atoms with Crippen LogP contribution in [0.1, 0.15) is 16.9 Å². The lowest BCUT2D eigenvalue weighted by Gasteiger charge is -2.17. The Morgan fingerprint density at radius 1 is 0.935 bits per heavy atom. The van der Waals surface area contributed by atoms with Crippen molar-refractivity contribution in [3.63, 3.8) is 0 Å². The highest BCUT2D eigenvalue weighted by atomic mass is 16.5. The molecule has 0 aliphatic heterocycles. The molecule has 0 saturated carbocycles. The summed E-state index contributed by atoms with van der Waals surface area (Å²) in [6.45, 7) is 10.6. The molecule has 0 spiro atoms. The lowest BCUT2D eigenvalue weighted by Crippen LogP contribution is -2.17. The Bertz CT molecular complexity index is 1220. The van der Waals surface area contributed by atoms with Crippen LogP contribution in [0.2, 0.25) is 0 Å². The van der Waals surface area contributed by atoms with Gasteiger partial charge in [0.25, 0.3) is 0 Å². The van der Waals surface area contributed by atoms with Crippen molar-refractivity contribution in [2.24, 2.45) is 0 Å². The van der Waals surface area contributed by atoms with E-state index in [-0.39, 0.29) is 0 Å². The van der Waals surface area contributed by atoms with Gasteiger partial charge in [-0.15, -0.1) is 0 Å². The highest BCUT2D eigenvalue weighted by Gasteiger charge is 2.17. The zero-order valence-corrected chi connectivity index (χ0v) is 17.9. The lowest BCUT2D eigenvalue weighted by atomic mass is 10.1. The van der Waals surface area contributed by atoms with E-state index in [4.69, 9.17) is 20.5 Å². The first-order valence-corrected chi connectivity index (χ1v) is 10.0. The van der Waals surface area contributed by atoms with Gasteiger partial charge in [0, 0.05) is 24.0 Å². The zero-order chi connectivity index (χ0) is 21.8. The number of ether oxygens (including phenoxy) is 2. The average molecular weight is 412 g/mol. The Labute approximate surface area is 182 Å². The molecule has 0 fully saturated rings. The third-order valence-corrected chi connectivity index (χ3v) is 5.22. The number of para-hydroxylation sites is 1. The summed E-state index contributed by atoms with van der Waals surface area (Å²) in [5.41, 5.74) is 3.70. The van der Waals surface area contributed by atoms with E-state index < -0.39 is 0 Å². The van der Waals surface area contributed by atoms with Crippen LogP contribution in [0.3, 0.4) is 0 Å². The van der Waals surface area contributed by atoms with Crippen LogP contribution in [0, 0.1) is 13.5 Å². The number of furan rings is 1. The van der Waals surface area contributed by atoms with Gasteiger partial charge < -0.3 is 13.9 Å². The molecular weight excluding hydrogens is 388 g/mol. The third kappa shape index (κ3) is 4.55. The number of rotatable bonds is 7. The van der Waals surface area contributed by atoms with Crippen LogP contribution in [0.15, 0.2) is 71.1 Å². The predicted octanol–water partition coefficient (Wildman–Crippen LogP) is 6.72. The maximum absolute atomic E-state index is 7.07. The van der Waals surface area contributed by atoms with Crippen LogP contribution in [0.4, 0.5) is 5.69 Å². The van der Waals surface area contributed by atoms with Crippen molar-refractivity contribution in [2.45, 2.75) is 20.0 Å². The summed E-state index contributed by atoms with van der Waals surface area (Å²) in [5, 5.41) is 1.05. The number of methoxy groups -OCH3 is 1. The van der Waals surface area contributed by atoms with Gasteiger partial charge in [-0.1, -0.05) is 36.4 Å². The fourth-order valence-corrected chi connectivity index (χ4v) is 3.62. The molecule has 0 aliphatic rings. The monoisotopic (exact) mass is 412 g/mol. The van der Waals surface area contributed by atoms with Gasteiger partial charge in [-0.25, -0.2) is 4.85 Å². The van der Waals surface area contributed by atoms with E-state index in [1.54, 1.807) is 31.4 Å². The molecule has 156 valence electrons. The first kappa shape index (κ1) is 20.5. The van der Waals surface area contributed by atoms with E-state index in [2.05, 4.69) is 35.0 Å². The number of hydrogen-bond donors (Lipinski definition) is 0. The molecular formula is C26H24N2O3. The van der Waals surface area contributed by atoms with Crippen LogP contribution < -0.4 is 9.47 Å². The lowest BCUT2D eigenvalue weighted by molar-refractivity contribution is 0.317. The summed E-state index contributed by atoms with van der Waals surface area (Å²) >= 11 is 0. The molecule has 0 N–H and O–H groups in total. The van der Waals surface area contributed by atoms with Crippen LogP contribution in [0.25, 0.3) is 15.8 Å². The molecule has 0 bridgehead atoms. The van der Waals surface area contributed by atoms with Crippen LogP contribution in [-0.2, 0) is 13.1 Å². The molecule has 0 aliphatic carbocycles. The third-order valence-electron chi connectivity index (χ3n) is 5.22. The molecule has 31 heavy (non-hydrogen) atoms. The topological polar surface area (TPSA) is 39.2 Å². The number of fused-ring (bicyclic) bond motifs is 1. The fourth-order valence-electron chi connectivity index (χ4n) is 3.62. The average Bonchev–Trinajstić information content (AvgIpc) is 3.11. The van der Waals surface area contributed by atoms with Crippen molar-refractivity contribution in [3.05, 3.63) is 95.0 Å². The second kappa shape index (κ2) is 8.95. The van der Waals surface area contributed by atoms with Gasteiger partial charge in [0.05, 0.1) is 13.7 Å². The van der Waals surface area contributed by atoms with Crippen molar-refractivity contribution in [3.8, 4) is 17.2 Å². The zero-order valence-electron chi connectivity index (χ0n) is 17.9. The summed E-state index contributed by atoms with van der Waals surface area (Å²) in [4.78, 5) is 5.67. The number of benzene rings is 3.